The molecular formula is C19H24N4O2. The third kappa shape index (κ3) is 3.26. The van der Waals surface area contributed by atoms with Crippen LogP contribution in [-0.4, -0.2) is 42.3 Å². The number of H-pyrrole nitrogens is 1. The number of ether oxygens (including phenoxy) is 1. The van der Waals surface area contributed by atoms with Crippen LogP contribution in [0.15, 0.2) is 41.5 Å². The SMILES string of the molecule is CC1COCCN1c1cc(N2CCCC2c2cccnc2)[nH]c(=O)c1. The molecule has 2 fully saturated rings. The van der Waals surface area contributed by atoms with Gasteiger partial charge in [-0.1, -0.05) is 6.07 Å². The van der Waals surface area contributed by atoms with Gasteiger partial charge in [-0.15, -0.1) is 0 Å². The zero-order valence-electron chi connectivity index (χ0n) is 14.5. The average Bonchev–Trinajstić information content (AvgIpc) is 3.12. The van der Waals surface area contributed by atoms with Crippen molar-refractivity contribution in [1.29, 1.82) is 0 Å². The highest BCUT2D eigenvalue weighted by Gasteiger charge is 2.28. The Balaban J connectivity index is 1.67. The summed E-state index contributed by atoms with van der Waals surface area (Å²) in [5.41, 5.74) is 2.13. The summed E-state index contributed by atoms with van der Waals surface area (Å²) in [5.74, 6) is 0.896. The number of aromatic amines is 1. The van der Waals surface area contributed by atoms with E-state index in [0.717, 1.165) is 37.4 Å². The van der Waals surface area contributed by atoms with Crippen LogP contribution in [0.5, 0.6) is 0 Å². The quantitative estimate of drug-likeness (QED) is 0.929. The lowest BCUT2D eigenvalue weighted by Crippen LogP contribution is -2.44. The highest BCUT2D eigenvalue weighted by molar-refractivity contribution is 5.57. The molecule has 6 nitrogen and oxygen atoms in total. The lowest BCUT2D eigenvalue weighted by Gasteiger charge is -2.36. The number of hydrogen-bond acceptors (Lipinski definition) is 5. The van der Waals surface area contributed by atoms with Crippen LogP contribution in [-0.2, 0) is 4.74 Å². The van der Waals surface area contributed by atoms with Crippen molar-refractivity contribution in [2.75, 3.05) is 36.1 Å². The molecule has 2 aliphatic heterocycles. The molecule has 6 heteroatoms. The van der Waals surface area contributed by atoms with Gasteiger partial charge in [0.25, 0.3) is 5.56 Å². The first kappa shape index (κ1) is 16.1. The van der Waals surface area contributed by atoms with Crippen molar-refractivity contribution in [1.82, 2.24) is 9.97 Å². The summed E-state index contributed by atoms with van der Waals surface area (Å²) in [5, 5.41) is 0. The summed E-state index contributed by atoms with van der Waals surface area (Å²) < 4.78 is 5.52. The Hall–Kier alpha value is -2.34. The largest absolute Gasteiger partial charge is 0.377 e. The summed E-state index contributed by atoms with van der Waals surface area (Å²) in [4.78, 5) is 24.2. The van der Waals surface area contributed by atoms with Gasteiger partial charge in [-0.05, 0) is 31.4 Å². The van der Waals surface area contributed by atoms with Crippen molar-refractivity contribution in [2.45, 2.75) is 31.8 Å². The van der Waals surface area contributed by atoms with Crippen LogP contribution in [0.4, 0.5) is 11.5 Å². The van der Waals surface area contributed by atoms with Gasteiger partial charge in [-0.3, -0.25) is 9.78 Å². The van der Waals surface area contributed by atoms with Crippen LogP contribution in [0.3, 0.4) is 0 Å². The molecule has 0 radical (unpaired) electrons. The highest BCUT2D eigenvalue weighted by Crippen LogP contribution is 2.35. The molecule has 2 unspecified atom stereocenters. The summed E-state index contributed by atoms with van der Waals surface area (Å²) >= 11 is 0. The Kier molecular flexibility index (Phi) is 4.44. The number of nitrogens with one attached hydrogen (secondary N) is 1. The number of morpholine rings is 1. The third-order valence-corrected chi connectivity index (χ3v) is 5.15. The van der Waals surface area contributed by atoms with E-state index < -0.39 is 0 Å². The normalized spacial score (nSPS) is 23.9. The molecule has 4 heterocycles. The Labute approximate surface area is 147 Å². The Morgan fingerprint density at radius 1 is 1.28 bits per heavy atom. The topological polar surface area (TPSA) is 61.5 Å². The van der Waals surface area contributed by atoms with Gasteiger partial charge in [0, 0.05) is 49.3 Å². The van der Waals surface area contributed by atoms with E-state index in [0.29, 0.717) is 13.2 Å². The first-order valence-corrected chi connectivity index (χ1v) is 8.98. The summed E-state index contributed by atoms with van der Waals surface area (Å²) in [7, 11) is 0. The highest BCUT2D eigenvalue weighted by atomic mass is 16.5. The van der Waals surface area contributed by atoms with Gasteiger partial charge in [0.2, 0.25) is 0 Å². The van der Waals surface area contributed by atoms with Crippen LogP contribution in [0.25, 0.3) is 0 Å². The average molecular weight is 340 g/mol. The predicted molar refractivity (Wildman–Crippen MR) is 98.2 cm³/mol. The zero-order chi connectivity index (χ0) is 17.2. The maximum absolute atomic E-state index is 12.3. The fraction of sp³-hybridized carbons (Fsp3) is 0.474. The van der Waals surface area contributed by atoms with Gasteiger partial charge in [-0.25, -0.2) is 0 Å². The molecule has 0 saturated carbocycles. The van der Waals surface area contributed by atoms with Gasteiger partial charge in [0.05, 0.1) is 19.3 Å². The Morgan fingerprint density at radius 2 is 2.20 bits per heavy atom. The molecule has 0 amide bonds. The Morgan fingerprint density at radius 3 is 3.00 bits per heavy atom. The molecular weight excluding hydrogens is 316 g/mol. The molecule has 2 atom stereocenters. The van der Waals surface area contributed by atoms with Gasteiger partial charge in [0.1, 0.15) is 5.82 Å². The number of hydrogen-bond donors (Lipinski definition) is 1. The minimum atomic E-state index is -0.0528. The van der Waals surface area contributed by atoms with Crippen LogP contribution in [0.1, 0.15) is 31.4 Å². The fourth-order valence-electron chi connectivity index (χ4n) is 3.92. The molecule has 0 spiro atoms. The van der Waals surface area contributed by atoms with Crippen LogP contribution in [0.2, 0.25) is 0 Å². The van der Waals surface area contributed by atoms with Crippen molar-refractivity contribution in [2.24, 2.45) is 0 Å². The maximum Gasteiger partial charge on any atom is 0.251 e. The Bertz CT molecular complexity index is 776. The lowest BCUT2D eigenvalue weighted by molar-refractivity contribution is 0.0989. The van der Waals surface area contributed by atoms with E-state index in [2.05, 4.69) is 38.8 Å². The molecule has 132 valence electrons. The minimum Gasteiger partial charge on any atom is -0.377 e. The molecule has 4 rings (SSSR count). The molecule has 0 bridgehead atoms. The predicted octanol–water partition coefficient (Wildman–Crippen LogP) is 2.34. The molecule has 0 aliphatic carbocycles. The van der Waals surface area contributed by atoms with Gasteiger partial charge >= 0.3 is 0 Å². The smallest absolute Gasteiger partial charge is 0.251 e. The summed E-state index contributed by atoms with van der Waals surface area (Å²) in [6.07, 6.45) is 5.91. The molecule has 2 aromatic rings. The lowest BCUT2D eigenvalue weighted by atomic mass is 10.1. The first-order chi connectivity index (χ1) is 12.2. The van der Waals surface area contributed by atoms with Gasteiger partial charge in [0.15, 0.2) is 0 Å². The summed E-state index contributed by atoms with van der Waals surface area (Å²) in [6, 6.07) is 8.43. The zero-order valence-corrected chi connectivity index (χ0v) is 14.5. The van der Waals surface area contributed by atoms with Crippen molar-refractivity contribution >= 4 is 11.5 Å². The van der Waals surface area contributed by atoms with Crippen molar-refractivity contribution in [3.63, 3.8) is 0 Å². The van der Waals surface area contributed by atoms with E-state index in [-0.39, 0.29) is 17.6 Å². The van der Waals surface area contributed by atoms with E-state index in [1.54, 1.807) is 12.3 Å². The van der Waals surface area contributed by atoms with E-state index in [1.165, 1.54) is 5.56 Å². The van der Waals surface area contributed by atoms with Crippen LogP contribution < -0.4 is 15.4 Å². The van der Waals surface area contributed by atoms with E-state index in [1.807, 2.05) is 12.3 Å². The third-order valence-electron chi connectivity index (χ3n) is 5.15. The van der Waals surface area contributed by atoms with Gasteiger partial charge in [-0.2, -0.15) is 0 Å². The second-order valence-corrected chi connectivity index (χ2v) is 6.84. The molecule has 2 aromatic heterocycles. The molecule has 2 saturated heterocycles. The molecule has 25 heavy (non-hydrogen) atoms. The monoisotopic (exact) mass is 340 g/mol. The minimum absolute atomic E-state index is 0.0528. The standard InChI is InChI=1S/C19H24N4O2/c1-14-13-25-9-8-22(14)16-10-18(21-19(24)11-16)23-7-3-5-17(23)15-4-2-6-20-12-15/h2,4,6,10-12,14,17H,3,5,7-9,13H2,1H3,(H,21,24). The van der Waals surface area contributed by atoms with Crippen molar-refractivity contribution < 1.29 is 4.74 Å². The fourth-order valence-corrected chi connectivity index (χ4v) is 3.92. The number of aromatic nitrogens is 2. The van der Waals surface area contributed by atoms with Crippen LogP contribution >= 0.6 is 0 Å². The van der Waals surface area contributed by atoms with E-state index in [9.17, 15) is 4.79 Å². The maximum atomic E-state index is 12.3. The molecule has 2 aliphatic rings. The molecule has 0 aromatic carbocycles. The van der Waals surface area contributed by atoms with Crippen molar-refractivity contribution in [3.8, 4) is 0 Å². The van der Waals surface area contributed by atoms with E-state index >= 15 is 0 Å². The second kappa shape index (κ2) is 6.88. The molecule has 1 N–H and O–H groups in total. The number of pyridine rings is 2. The summed E-state index contributed by atoms with van der Waals surface area (Å²) in [6.45, 7) is 5.29. The van der Waals surface area contributed by atoms with Crippen LogP contribution in [0, 0.1) is 0 Å². The van der Waals surface area contributed by atoms with Gasteiger partial charge < -0.3 is 19.5 Å². The second-order valence-electron chi connectivity index (χ2n) is 6.84. The number of nitrogens with zero attached hydrogens (tertiary/aromatic N) is 3. The van der Waals surface area contributed by atoms with E-state index in [4.69, 9.17) is 4.74 Å². The number of rotatable bonds is 3. The number of anilines is 2. The van der Waals surface area contributed by atoms with Crippen molar-refractivity contribution in [3.05, 3.63) is 52.6 Å². The first-order valence-electron chi connectivity index (χ1n) is 8.98.